The molecule has 2 N–H and O–H groups in total. The molecule has 0 amide bonds. The van der Waals surface area contributed by atoms with Crippen molar-refractivity contribution in [2.45, 2.75) is 33.6 Å². The van der Waals surface area contributed by atoms with Crippen LogP contribution in [-0.4, -0.2) is 12.3 Å². The fourth-order valence-electron chi connectivity index (χ4n) is 0.979. The van der Waals surface area contributed by atoms with E-state index in [2.05, 4.69) is 0 Å². The van der Waals surface area contributed by atoms with E-state index in [1.54, 1.807) is 0 Å². The fraction of sp³-hybridized carbons (Fsp3) is 0.875. The quantitative estimate of drug-likeness (QED) is 0.645. The Balaban J connectivity index is 3.96. The lowest BCUT2D eigenvalue weighted by molar-refractivity contribution is -0.127. The first-order valence-corrected chi connectivity index (χ1v) is 3.78. The summed E-state index contributed by atoms with van der Waals surface area (Å²) < 4.78 is 0. The number of hydrogen-bond acceptors (Lipinski definition) is 2. The molecule has 0 aliphatic carbocycles. The average molecular weight is 143 g/mol. The van der Waals surface area contributed by atoms with E-state index < -0.39 is 0 Å². The van der Waals surface area contributed by atoms with Gasteiger partial charge in [-0.2, -0.15) is 0 Å². The second-order valence-electron chi connectivity index (χ2n) is 3.20. The topological polar surface area (TPSA) is 43.1 Å². The van der Waals surface area contributed by atoms with Crippen LogP contribution >= 0.6 is 0 Å². The summed E-state index contributed by atoms with van der Waals surface area (Å²) in [5, 5.41) is 0. The van der Waals surface area contributed by atoms with Crippen molar-refractivity contribution in [1.82, 2.24) is 0 Å². The minimum Gasteiger partial charge on any atom is -0.330 e. The van der Waals surface area contributed by atoms with Gasteiger partial charge in [0.1, 0.15) is 5.78 Å². The zero-order valence-electron chi connectivity index (χ0n) is 7.11. The van der Waals surface area contributed by atoms with E-state index >= 15 is 0 Å². The minimum absolute atomic E-state index is 0.205. The lowest BCUT2D eigenvalue weighted by Gasteiger charge is -2.20. The Kier molecular flexibility index (Phi) is 3.58. The lowest BCUT2D eigenvalue weighted by Crippen LogP contribution is -2.26. The van der Waals surface area contributed by atoms with Crippen LogP contribution in [-0.2, 0) is 4.79 Å². The Bertz CT molecular complexity index is 118. The van der Waals surface area contributed by atoms with Gasteiger partial charge in [-0.1, -0.05) is 20.8 Å². The molecule has 0 atom stereocenters. The maximum absolute atomic E-state index is 11.2. The van der Waals surface area contributed by atoms with Crippen molar-refractivity contribution in [3.8, 4) is 0 Å². The first kappa shape index (κ1) is 9.63. The zero-order valence-corrected chi connectivity index (χ0v) is 7.11. The van der Waals surface area contributed by atoms with Crippen molar-refractivity contribution in [3.63, 3.8) is 0 Å². The molecular weight excluding hydrogens is 126 g/mol. The summed E-state index contributed by atoms with van der Waals surface area (Å²) in [5.74, 6) is 0.304. The van der Waals surface area contributed by atoms with Gasteiger partial charge in [0, 0.05) is 11.8 Å². The second kappa shape index (κ2) is 3.71. The summed E-state index contributed by atoms with van der Waals surface area (Å²) in [4.78, 5) is 11.2. The van der Waals surface area contributed by atoms with E-state index in [1.165, 1.54) is 0 Å². The highest BCUT2D eigenvalue weighted by atomic mass is 16.1. The monoisotopic (exact) mass is 143 g/mol. The molecule has 2 nitrogen and oxygen atoms in total. The molecule has 60 valence electrons. The molecule has 0 rings (SSSR count). The van der Waals surface area contributed by atoms with Gasteiger partial charge in [0.2, 0.25) is 0 Å². The summed E-state index contributed by atoms with van der Waals surface area (Å²) >= 11 is 0. The molecule has 0 aromatic rings. The van der Waals surface area contributed by atoms with Crippen molar-refractivity contribution in [1.29, 1.82) is 0 Å². The van der Waals surface area contributed by atoms with E-state index in [4.69, 9.17) is 5.73 Å². The van der Waals surface area contributed by atoms with Crippen molar-refractivity contribution >= 4 is 5.78 Å². The van der Waals surface area contributed by atoms with Crippen molar-refractivity contribution in [2.75, 3.05) is 6.54 Å². The third-order valence-electron chi connectivity index (χ3n) is 1.85. The van der Waals surface area contributed by atoms with Crippen LogP contribution in [0.5, 0.6) is 0 Å². The Labute approximate surface area is 62.8 Å². The summed E-state index contributed by atoms with van der Waals surface area (Å²) in [6.45, 7) is 6.39. The molecule has 0 unspecified atom stereocenters. The van der Waals surface area contributed by atoms with Gasteiger partial charge < -0.3 is 5.73 Å². The number of ketones is 1. The molecule has 0 aromatic carbocycles. The Hall–Kier alpha value is -0.370. The summed E-state index contributed by atoms with van der Waals surface area (Å²) in [7, 11) is 0. The van der Waals surface area contributed by atoms with E-state index in [9.17, 15) is 4.79 Å². The van der Waals surface area contributed by atoms with Crippen molar-refractivity contribution in [3.05, 3.63) is 0 Å². The Morgan fingerprint density at radius 2 is 2.00 bits per heavy atom. The summed E-state index contributed by atoms with van der Waals surface area (Å²) in [5.41, 5.74) is 5.15. The number of Topliss-reactive ketones (excluding diaryl/α,β-unsaturated/α-hetero) is 1. The van der Waals surface area contributed by atoms with Crippen molar-refractivity contribution in [2.24, 2.45) is 11.1 Å². The van der Waals surface area contributed by atoms with Crippen LogP contribution in [0.2, 0.25) is 0 Å². The summed E-state index contributed by atoms with van der Waals surface area (Å²) in [6.07, 6.45) is 1.41. The van der Waals surface area contributed by atoms with Crippen LogP contribution in [0.4, 0.5) is 0 Å². The van der Waals surface area contributed by atoms with Crippen LogP contribution in [0.1, 0.15) is 33.6 Å². The van der Waals surface area contributed by atoms with Gasteiger partial charge in [0.15, 0.2) is 0 Å². The highest BCUT2D eigenvalue weighted by Gasteiger charge is 2.23. The van der Waals surface area contributed by atoms with Crippen LogP contribution in [0.25, 0.3) is 0 Å². The van der Waals surface area contributed by atoms with Gasteiger partial charge in [0.25, 0.3) is 0 Å². The largest absolute Gasteiger partial charge is 0.330 e. The normalized spacial score (nSPS) is 11.6. The third-order valence-corrected chi connectivity index (χ3v) is 1.85. The van der Waals surface area contributed by atoms with Gasteiger partial charge >= 0.3 is 0 Å². The molecule has 0 aliphatic rings. The van der Waals surface area contributed by atoms with Gasteiger partial charge in [-0.15, -0.1) is 0 Å². The van der Waals surface area contributed by atoms with E-state index in [0.29, 0.717) is 18.7 Å². The maximum Gasteiger partial charge on any atom is 0.138 e. The van der Waals surface area contributed by atoms with E-state index in [1.807, 2.05) is 20.8 Å². The third kappa shape index (κ3) is 2.48. The number of hydrogen-bond donors (Lipinski definition) is 1. The number of carbonyl (C=O) groups is 1. The molecule has 0 spiro atoms. The predicted octanol–water partition coefficient (Wildman–Crippen LogP) is 1.34. The molecule has 0 fully saturated rings. The number of rotatable bonds is 4. The standard InChI is InChI=1S/C8H17NO/c1-4-7(10)8(2,3)5-6-9/h4-6,9H2,1-3H3. The molecule has 0 heterocycles. The van der Waals surface area contributed by atoms with Gasteiger partial charge in [-0.3, -0.25) is 4.79 Å². The SMILES string of the molecule is CCC(=O)C(C)(C)CCN. The minimum atomic E-state index is -0.205. The summed E-state index contributed by atoms with van der Waals surface area (Å²) in [6, 6.07) is 0. The van der Waals surface area contributed by atoms with Gasteiger partial charge in [-0.25, -0.2) is 0 Å². The van der Waals surface area contributed by atoms with Crippen molar-refractivity contribution < 1.29 is 4.79 Å². The fourth-order valence-corrected chi connectivity index (χ4v) is 0.979. The smallest absolute Gasteiger partial charge is 0.138 e. The lowest BCUT2D eigenvalue weighted by atomic mass is 9.83. The molecule has 10 heavy (non-hydrogen) atoms. The molecule has 0 aromatic heterocycles. The van der Waals surface area contributed by atoms with Crippen LogP contribution in [0, 0.1) is 5.41 Å². The molecule has 0 aliphatic heterocycles. The van der Waals surface area contributed by atoms with Gasteiger partial charge in [0.05, 0.1) is 0 Å². The highest BCUT2D eigenvalue weighted by molar-refractivity contribution is 5.83. The zero-order chi connectivity index (χ0) is 8.20. The van der Waals surface area contributed by atoms with Crippen LogP contribution in [0.15, 0.2) is 0 Å². The van der Waals surface area contributed by atoms with E-state index in [0.717, 1.165) is 6.42 Å². The first-order valence-electron chi connectivity index (χ1n) is 3.78. The average Bonchev–Trinajstić information content (AvgIpc) is 1.86. The predicted molar refractivity (Wildman–Crippen MR) is 42.8 cm³/mol. The highest BCUT2D eigenvalue weighted by Crippen LogP contribution is 2.21. The number of carbonyl (C=O) groups excluding carboxylic acids is 1. The Morgan fingerprint density at radius 1 is 1.50 bits per heavy atom. The maximum atomic E-state index is 11.2. The molecule has 0 radical (unpaired) electrons. The number of nitrogens with two attached hydrogens (primary N) is 1. The molecule has 0 saturated heterocycles. The van der Waals surface area contributed by atoms with Crippen LogP contribution < -0.4 is 5.73 Å². The Morgan fingerprint density at radius 3 is 2.30 bits per heavy atom. The van der Waals surface area contributed by atoms with E-state index in [-0.39, 0.29) is 5.41 Å². The van der Waals surface area contributed by atoms with Crippen LogP contribution in [0.3, 0.4) is 0 Å². The molecular formula is C8H17NO. The molecule has 0 bridgehead atoms. The molecule has 0 saturated carbocycles. The second-order valence-corrected chi connectivity index (χ2v) is 3.20. The van der Waals surface area contributed by atoms with Gasteiger partial charge in [-0.05, 0) is 13.0 Å². The first-order chi connectivity index (χ1) is 4.54. The molecule has 2 heteroatoms.